The first-order valence-electron chi connectivity index (χ1n) is 7.72. The number of nitrogens with two attached hydrogens (primary N) is 1. The average Bonchev–Trinajstić information content (AvgIpc) is 3.04. The van der Waals surface area contributed by atoms with Gasteiger partial charge in [0.25, 0.3) is 0 Å². The van der Waals surface area contributed by atoms with Crippen LogP contribution in [0, 0.1) is 6.92 Å². The van der Waals surface area contributed by atoms with Crippen molar-refractivity contribution in [3.05, 3.63) is 72.4 Å². The summed E-state index contributed by atoms with van der Waals surface area (Å²) in [5.74, 6) is 4.96. The predicted octanol–water partition coefficient (Wildman–Crippen LogP) is 2.30. The number of nitrogen functional groups attached to an aromatic ring is 1. The highest BCUT2D eigenvalue weighted by molar-refractivity contribution is 5.88. The second-order valence-electron chi connectivity index (χ2n) is 5.34. The van der Waals surface area contributed by atoms with Crippen LogP contribution >= 0.6 is 0 Å². The van der Waals surface area contributed by atoms with Crippen molar-refractivity contribution in [3.63, 3.8) is 0 Å². The van der Waals surface area contributed by atoms with Crippen LogP contribution in [-0.4, -0.2) is 35.7 Å². The van der Waals surface area contributed by atoms with E-state index in [0.29, 0.717) is 17.2 Å². The summed E-state index contributed by atoms with van der Waals surface area (Å²) in [6.45, 7) is 1.64. The van der Waals surface area contributed by atoms with Gasteiger partial charge in [-0.2, -0.15) is 0 Å². The van der Waals surface area contributed by atoms with Crippen LogP contribution in [0.3, 0.4) is 0 Å². The van der Waals surface area contributed by atoms with Gasteiger partial charge in [-0.3, -0.25) is 14.6 Å². The molecule has 0 aliphatic carbocycles. The molecule has 26 heavy (non-hydrogen) atoms. The van der Waals surface area contributed by atoms with Gasteiger partial charge in [0.2, 0.25) is 0 Å². The van der Waals surface area contributed by atoms with Gasteiger partial charge in [-0.15, -0.1) is 0 Å². The number of fused-ring (bicyclic) bond motifs is 1. The summed E-state index contributed by atoms with van der Waals surface area (Å²) in [5, 5.41) is 8.83. The van der Waals surface area contributed by atoms with Crippen molar-refractivity contribution in [2.45, 2.75) is 6.92 Å². The maximum Gasteiger partial charge on any atom is 0.339 e. The normalized spacial score (nSPS) is 10.2. The molecule has 0 bridgehead atoms. The Morgan fingerprint density at radius 2 is 1.88 bits per heavy atom. The molecule has 0 fully saturated rings. The van der Waals surface area contributed by atoms with Crippen LogP contribution in [0.25, 0.3) is 22.6 Å². The molecule has 8 nitrogen and oxygen atoms in total. The van der Waals surface area contributed by atoms with Crippen molar-refractivity contribution in [3.8, 4) is 11.5 Å². The Hall–Kier alpha value is -3.81. The Labute approximate surface area is 149 Å². The average molecular weight is 348 g/mol. The SMILES string of the molecule is Cc1nc(-c2ccccn2)ncc1C(=O)O.Nn1ccc2ncccc21. The molecule has 0 aliphatic heterocycles. The molecule has 0 amide bonds. The molecule has 0 aliphatic rings. The lowest BCUT2D eigenvalue weighted by molar-refractivity contribution is 0.0695. The van der Waals surface area contributed by atoms with E-state index in [9.17, 15) is 4.79 Å². The quantitative estimate of drug-likeness (QED) is 0.533. The Morgan fingerprint density at radius 3 is 2.54 bits per heavy atom. The Morgan fingerprint density at radius 1 is 1.08 bits per heavy atom. The molecule has 4 heterocycles. The third-order valence-corrected chi connectivity index (χ3v) is 3.59. The Kier molecular flexibility index (Phi) is 4.84. The van der Waals surface area contributed by atoms with Crippen LogP contribution in [-0.2, 0) is 0 Å². The summed E-state index contributed by atoms with van der Waals surface area (Å²) in [7, 11) is 0. The minimum absolute atomic E-state index is 0.111. The smallest absolute Gasteiger partial charge is 0.339 e. The van der Waals surface area contributed by atoms with Gasteiger partial charge in [-0.05, 0) is 37.3 Å². The minimum Gasteiger partial charge on any atom is -0.478 e. The molecule has 0 aromatic carbocycles. The van der Waals surface area contributed by atoms with Crippen LogP contribution < -0.4 is 5.84 Å². The van der Waals surface area contributed by atoms with Crippen LogP contribution in [0.5, 0.6) is 0 Å². The van der Waals surface area contributed by atoms with Crippen LogP contribution in [0.2, 0.25) is 0 Å². The topological polar surface area (TPSA) is 120 Å². The van der Waals surface area contributed by atoms with E-state index in [-0.39, 0.29) is 5.56 Å². The van der Waals surface area contributed by atoms with Crippen molar-refractivity contribution >= 4 is 17.0 Å². The first kappa shape index (κ1) is 17.0. The van der Waals surface area contributed by atoms with Gasteiger partial charge < -0.3 is 10.9 Å². The molecule has 4 rings (SSSR count). The number of pyridine rings is 2. The summed E-state index contributed by atoms with van der Waals surface area (Å²) in [6, 6.07) is 11.1. The molecule has 0 atom stereocenters. The Balaban J connectivity index is 0.000000167. The molecular formula is C18H16N6O2. The van der Waals surface area contributed by atoms with E-state index in [2.05, 4.69) is 19.9 Å². The lowest BCUT2D eigenvalue weighted by Crippen LogP contribution is -2.04. The summed E-state index contributed by atoms with van der Waals surface area (Å²) in [4.78, 5) is 27.1. The van der Waals surface area contributed by atoms with E-state index in [4.69, 9.17) is 10.9 Å². The fourth-order valence-electron chi connectivity index (χ4n) is 2.28. The van der Waals surface area contributed by atoms with E-state index in [0.717, 1.165) is 11.0 Å². The molecule has 0 spiro atoms. The summed E-state index contributed by atoms with van der Waals surface area (Å²) >= 11 is 0. The third-order valence-electron chi connectivity index (χ3n) is 3.59. The van der Waals surface area contributed by atoms with Gasteiger partial charge in [0, 0.05) is 24.8 Å². The van der Waals surface area contributed by atoms with Crippen molar-refractivity contribution in [2.24, 2.45) is 0 Å². The molecule has 130 valence electrons. The number of carboxylic acids is 1. The first-order valence-corrected chi connectivity index (χ1v) is 7.72. The van der Waals surface area contributed by atoms with Crippen molar-refractivity contribution in [1.82, 2.24) is 24.6 Å². The summed E-state index contributed by atoms with van der Waals surface area (Å²) < 4.78 is 1.56. The number of aromatic carboxylic acids is 1. The monoisotopic (exact) mass is 348 g/mol. The lowest BCUT2D eigenvalue weighted by atomic mass is 10.2. The molecule has 3 N–H and O–H groups in total. The second kappa shape index (κ2) is 7.39. The van der Waals surface area contributed by atoms with Crippen LogP contribution in [0.15, 0.2) is 61.2 Å². The number of hydrogen-bond acceptors (Lipinski definition) is 6. The fraction of sp³-hybridized carbons (Fsp3) is 0.0556. The van der Waals surface area contributed by atoms with Crippen LogP contribution in [0.1, 0.15) is 16.1 Å². The molecule has 8 heteroatoms. The predicted molar refractivity (Wildman–Crippen MR) is 96.8 cm³/mol. The number of nitrogens with zero attached hydrogens (tertiary/aromatic N) is 5. The number of carbonyl (C=O) groups is 1. The first-order chi connectivity index (χ1) is 12.6. The summed E-state index contributed by atoms with van der Waals surface area (Å²) in [6.07, 6.45) is 6.48. The van der Waals surface area contributed by atoms with Gasteiger partial charge in [0.05, 0.1) is 22.3 Å². The number of rotatable bonds is 2. The van der Waals surface area contributed by atoms with Gasteiger partial charge in [0.15, 0.2) is 5.82 Å². The maximum absolute atomic E-state index is 10.8. The molecule has 0 saturated carbocycles. The zero-order valence-electron chi connectivity index (χ0n) is 13.9. The Bertz CT molecular complexity index is 1050. The van der Waals surface area contributed by atoms with Crippen LogP contribution in [0.4, 0.5) is 0 Å². The number of aromatic nitrogens is 5. The van der Waals surface area contributed by atoms with E-state index in [1.54, 1.807) is 42.3 Å². The molecule has 0 radical (unpaired) electrons. The van der Waals surface area contributed by atoms with Crippen molar-refractivity contribution < 1.29 is 9.90 Å². The molecule has 0 saturated heterocycles. The van der Waals surface area contributed by atoms with E-state index in [1.807, 2.05) is 24.3 Å². The summed E-state index contributed by atoms with van der Waals surface area (Å²) in [5.41, 5.74) is 3.07. The van der Waals surface area contributed by atoms with Gasteiger partial charge in [0.1, 0.15) is 5.69 Å². The zero-order chi connectivity index (χ0) is 18.5. The molecular weight excluding hydrogens is 332 g/mol. The van der Waals surface area contributed by atoms with E-state index < -0.39 is 5.97 Å². The third kappa shape index (κ3) is 3.64. The van der Waals surface area contributed by atoms with Gasteiger partial charge in [-0.1, -0.05) is 6.07 Å². The number of carboxylic acid groups (broad SMARTS) is 1. The zero-order valence-corrected chi connectivity index (χ0v) is 13.9. The highest BCUT2D eigenvalue weighted by atomic mass is 16.4. The van der Waals surface area contributed by atoms with Crippen molar-refractivity contribution in [1.29, 1.82) is 0 Å². The molecule has 4 aromatic heterocycles. The number of aryl methyl sites for hydroxylation is 1. The number of hydrogen-bond donors (Lipinski definition) is 2. The lowest BCUT2D eigenvalue weighted by Gasteiger charge is -2.02. The standard InChI is InChI=1S/C11H9N3O2.C7H7N3/c1-7-8(11(15)16)6-13-10(14-7)9-4-2-3-5-12-9;8-10-5-3-6-7(10)2-1-4-9-6/h2-6H,1H3,(H,15,16);1-5H,8H2. The highest BCUT2D eigenvalue weighted by Gasteiger charge is 2.11. The van der Waals surface area contributed by atoms with Gasteiger partial charge in [-0.25, -0.2) is 14.8 Å². The molecule has 4 aromatic rings. The van der Waals surface area contributed by atoms with E-state index in [1.165, 1.54) is 6.20 Å². The largest absolute Gasteiger partial charge is 0.478 e. The second-order valence-corrected chi connectivity index (χ2v) is 5.34. The highest BCUT2D eigenvalue weighted by Crippen LogP contribution is 2.13. The fourth-order valence-corrected chi connectivity index (χ4v) is 2.28. The molecule has 0 unspecified atom stereocenters. The van der Waals surface area contributed by atoms with E-state index >= 15 is 0 Å². The maximum atomic E-state index is 10.8. The minimum atomic E-state index is -1.02. The van der Waals surface area contributed by atoms with Gasteiger partial charge >= 0.3 is 5.97 Å². The van der Waals surface area contributed by atoms with Crippen molar-refractivity contribution in [2.75, 3.05) is 5.84 Å².